The first-order valence-electron chi connectivity index (χ1n) is 6.84. The van der Waals surface area contributed by atoms with Gasteiger partial charge in [0.15, 0.2) is 11.6 Å². The highest BCUT2D eigenvalue weighted by atomic mass is 32.1. The minimum Gasteiger partial charge on any atom is -0.360 e. The number of hydrogen-bond acceptors (Lipinski definition) is 6. The SMILES string of the molecule is Cc1nc(CCCNc2ncc(F)c(N(C)C)n2)sc1C. The number of thiazole rings is 1. The van der Waals surface area contributed by atoms with Crippen molar-refractivity contribution in [3.8, 4) is 0 Å². The van der Waals surface area contributed by atoms with E-state index in [0.29, 0.717) is 11.8 Å². The Morgan fingerprint density at radius 1 is 1.29 bits per heavy atom. The third-order valence-electron chi connectivity index (χ3n) is 3.07. The van der Waals surface area contributed by atoms with Gasteiger partial charge in [0, 0.05) is 31.9 Å². The zero-order valence-corrected chi connectivity index (χ0v) is 13.6. The normalized spacial score (nSPS) is 10.7. The molecular weight excluding hydrogens is 289 g/mol. The van der Waals surface area contributed by atoms with Crippen molar-refractivity contribution < 1.29 is 4.39 Å². The van der Waals surface area contributed by atoms with Gasteiger partial charge in [-0.1, -0.05) is 0 Å². The summed E-state index contributed by atoms with van der Waals surface area (Å²) in [5, 5.41) is 4.27. The van der Waals surface area contributed by atoms with Crippen LogP contribution in [0.4, 0.5) is 16.2 Å². The zero-order chi connectivity index (χ0) is 15.4. The highest BCUT2D eigenvalue weighted by Gasteiger charge is 2.08. The van der Waals surface area contributed by atoms with Crippen LogP contribution in [0.2, 0.25) is 0 Å². The van der Waals surface area contributed by atoms with Crippen LogP contribution in [0.3, 0.4) is 0 Å². The van der Waals surface area contributed by atoms with Crippen LogP contribution in [0.1, 0.15) is 22.0 Å². The summed E-state index contributed by atoms with van der Waals surface area (Å²) in [5.74, 6) is 0.324. The topological polar surface area (TPSA) is 53.9 Å². The molecule has 0 atom stereocenters. The van der Waals surface area contributed by atoms with Crippen LogP contribution in [0, 0.1) is 19.7 Å². The fraction of sp³-hybridized carbons (Fsp3) is 0.500. The summed E-state index contributed by atoms with van der Waals surface area (Å²) < 4.78 is 13.5. The van der Waals surface area contributed by atoms with Crippen molar-refractivity contribution in [1.29, 1.82) is 0 Å². The van der Waals surface area contributed by atoms with Crippen molar-refractivity contribution in [3.05, 3.63) is 27.6 Å². The highest BCUT2D eigenvalue weighted by Crippen LogP contribution is 2.18. The first-order valence-corrected chi connectivity index (χ1v) is 7.65. The molecule has 0 radical (unpaired) electrons. The zero-order valence-electron chi connectivity index (χ0n) is 12.8. The van der Waals surface area contributed by atoms with Gasteiger partial charge in [-0.3, -0.25) is 0 Å². The Bertz CT molecular complexity index is 592. The molecule has 0 aliphatic heterocycles. The molecule has 0 unspecified atom stereocenters. The first kappa shape index (κ1) is 15.6. The van der Waals surface area contributed by atoms with E-state index in [0.717, 1.165) is 30.1 Å². The van der Waals surface area contributed by atoms with Gasteiger partial charge < -0.3 is 10.2 Å². The van der Waals surface area contributed by atoms with E-state index in [9.17, 15) is 4.39 Å². The van der Waals surface area contributed by atoms with E-state index in [2.05, 4.69) is 27.2 Å². The molecule has 7 heteroatoms. The highest BCUT2D eigenvalue weighted by molar-refractivity contribution is 7.11. The minimum atomic E-state index is -0.417. The van der Waals surface area contributed by atoms with Gasteiger partial charge in [-0.2, -0.15) is 4.98 Å². The molecule has 0 aromatic carbocycles. The molecule has 0 amide bonds. The van der Waals surface area contributed by atoms with E-state index in [1.54, 1.807) is 30.3 Å². The van der Waals surface area contributed by atoms with Crippen molar-refractivity contribution in [2.45, 2.75) is 26.7 Å². The number of nitrogens with zero attached hydrogens (tertiary/aromatic N) is 4. The molecule has 0 fully saturated rings. The standard InChI is InChI=1S/C14H20FN5S/c1-9-10(2)21-12(18-9)6-5-7-16-14-17-8-11(15)13(19-14)20(3)4/h8H,5-7H2,1-4H3,(H,16,17,19). The molecule has 21 heavy (non-hydrogen) atoms. The number of anilines is 2. The van der Waals surface area contributed by atoms with Crippen LogP contribution in [-0.2, 0) is 6.42 Å². The van der Waals surface area contributed by atoms with Gasteiger partial charge in [-0.15, -0.1) is 11.3 Å². The smallest absolute Gasteiger partial charge is 0.224 e. The molecule has 0 saturated heterocycles. The Kier molecular flexibility index (Phi) is 5.06. The summed E-state index contributed by atoms with van der Waals surface area (Å²) in [6.45, 7) is 4.85. The Morgan fingerprint density at radius 3 is 2.67 bits per heavy atom. The second-order valence-electron chi connectivity index (χ2n) is 5.04. The lowest BCUT2D eigenvalue weighted by atomic mass is 10.3. The molecule has 0 saturated carbocycles. The van der Waals surface area contributed by atoms with Crippen LogP contribution in [0.25, 0.3) is 0 Å². The molecule has 2 rings (SSSR count). The fourth-order valence-electron chi connectivity index (χ4n) is 1.84. The largest absolute Gasteiger partial charge is 0.360 e. The van der Waals surface area contributed by atoms with Crippen LogP contribution in [0.15, 0.2) is 6.20 Å². The molecular formula is C14H20FN5S. The first-order chi connectivity index (χ1) is 9.97. The molecule has 0 aliphatic rings. The average Bonchev–Trinajstić information content (AvgIpc) is 2.75. The van der Waals surface area contributed by atoms with Gasteiger partial charge in [0.2, 0.25) is 5.95 Å². The maximum absolute atomic E-state index is 13.5. The summed E-state index contributed by atoms with van der Waals surface area (Å²) >= 11 is 1.74. The molecule has 0 bridgehead atoms. The summed E-state index contributed by atoms with van der Waals surface area (Å²) in [6, 6.07) is 0. The predicted octanol–water partition coefficient (Wildman–Crippen LogP) is 2.80. The molecule has 2 heterocycles. The third kappa shape index (κ3) is 4.10. The maximum Gasteiger partial charge on any atom is 0.224 e. The Balaban J connectivity index is 1.85. The van der Waals surface area contributed by atoms with Gasteiger partial charge in [0.25, 0.3) is 0 Å². The molecule has 1 N–H and O–H groups in total. The number of rotatable bonds is 6. The number of aryl methyl sites for hydroxylation is 3. The molecule has 5 nitrogen and oxygen atoms in total. The van der Waals surface area contributed by atoms with Crippen molar-refractivity contribution in [1.82, 2.24) is 15.0 Å². The second-order valence-corrected chi connectivity index (χ2v) is 6.33. The lowest BCUT2D eigenvalue weighted by Crippen LogP contribution is -2.15. The van der Waals surface area contributed by atoms with Crippen LogP contribution >= 0.6 is 11.3 Å². The Hall–Kier alpha value is -1.76. The molecule has 2 aromatic heterocycles. The number of halogens is 1. The van der Waals surface area contributed by atoms with Crippen molar-refractivity contribution in [3.63, 3.8) is 0 Å². The number of nitrogens with one attached hydrogen (secondary N) is 1. The Labute approximate surface area is 128 Å². The van der Waals surface area contributed by atoms with E-state index in [-0.39, 0.29) is 0 Å². The molecule has 0 spiro atoms. The van der Waals surface area contributed by atoms with E-state index < -0.39 is 5.82 Å². The summed E-state index contributed by atoms with van der Waals surface area (Å²) in [6.07, 6.45) is 3.05. The minimum absolute atomic E-state index is 0.290. The van der Waals surface area contributed by atoms with Gasteiger partial charge in [0.1, 0.15) is 0 Å². The van der Waals surface area contributed by atoms with Crippen molar-refractivity contribution in [2.24, 2.45) is 0 Å². The predicted molar refractivity (Wildman–Crippen MR) is 84.7 cm³/mol. The maximum atomic E-state index is 13.5. The van der Waals surface area contributed by atoms with Crippen molar-refractivity contribution >= 4 is 23.1 Å². The van der Waals surface area contributed by atoms with E-state index in [1.807, 2.05) is 6.92 Å². The Morgan fingerprint density at radius 2 is 2.05 bits per heavy atom. The summed E-state index contributed by atoms with van der Waals surface area (Å²) in [5.41, 5.74) is 1.11. The van der Waals surface area contributed by atoms with Gasteiger partial charge in [-0.05, 0) is 20.3 Å². The molecule has 2 aromatic rings. The fourth-order valence-corrected chi connectivity index (χ4v) is 2.82. The summed E-state index contributed by atoms with van der Waals surface area (Å²) in [4.78, 5) is 15.5. The van der Waals surface area contributed by atoms with Gasteiger partial charge in [-0.25, -0.2) is 14.4 Å². The van der Waals surface area contributed by atoms with E-state index in [4.69, 9.17) is 0 Å². The van der Waals surface area contributed by atoms with Crippen LogP contribution in [-0.4, -0.2) is 35.6 Å². The lowest BCUT2D eigenvalue weighted by molar-refractivity contribution is 0.612. The molecule has 114 valence electrons. The third-order valence-corrected chi connectivity index (χ3v) is 4.21. The number of hydrogen-bond donors (Lipinski definition) is 1. The van der Waals surface area contributed by atoms with E-state index in [1.165, 1.54) is 11.1 Å². The monoisotopic (exact) mass is 309 g/mol. The second kappa shape index (κ2) is 6.80. The number of aromatic nitrogens is 3. The van der Waals surface area contributed by atoms with Crippen LogP contribution < -0.4 is 10.2 Å². The average molecular weight is 309 g/mol. The quantitative estimate of drug-likeness (QED) is 0.832. The summed E-state index contributed by atoms with van der Waals surface area (Å²) in [7, 11) is 3.50. The lowest BCUT2D eigenvalue weighted by Gasteiger charge is -2.13. The molecule has 0 aliphatic carbocycles. The van der Waals surface area contributed by atoms with E-state index >= 15 is 0 Å². The van der Waals surface area contributed by atoms with Crippen LogP contribution in [0.5, 0.6) is 0 Å². The van der Waals surface area contributed by atoms with Crippen molar-refractivity contribution in [2.75, 3.05) is 30.9 Å². The van der Waals surface area contributed by atoms with Gasteiger partial charge in [0.05, 0.1) is 16.9 Å². The van der Waals surface area contributed by atoms with Gasteiger partial charge >= 0.3 is 0 Å².